The van der Waals surface area contributed by atoms with Gasteiger partial charge in [0.05, 0.1) is 17.0 Å². The Morgan fingerprint density at radius 2 is 2.30 bits per heavy atom. The van der Waals surface area contributed by atoms with Crippen LogP contribution < -0.4 is 0 Å². The standard InChI is InChI=1S/C14H13N3O5S/c1-2-6-16-13(20)11(8-12(18)19)23-14(16)15-9-4-3-5-10(7-9)17(21)22/h2-5,7,11H,1,6,8H2,(H,18,19)/t11-/m1/s1. The van der Waals surface area contributed by atoms with Gasteiger partial charge >= 0.3 is 5.97 Å². The maximum absolute atomic E-state index is 12.2. The Hall–Kier alpha value is -2.68. The van der Waals surface area contributed by atoms with Gasteiger partial charge in [-0.15, -0.1) is 6.58 Å². The highest BCUT2D eigenvalue weighted by atomic mass is 32.2. The zero-order valence-corrected chi connectivity index (χ0v) is 12.7. The van der Waals surface area contributed by atoms with Crippen molar-refractivity contribution in [3.05, 3.63) is 47.0 Å². The van der Waals surface area contributed by atoms with E-state index in [0.29, 0.717) is 10.9 Å². The third kappa shape index (κ3) is 3.95. The van der Waals surface area contributed by atoms with Gasteiger partial charge in [-0.25, -0.2) is 4.99 Å². The number of rotatable bonds is 6. The SMILES string of the molecule is C=CCN1C(=O)[C@@H](CC(=O)O)SC1=Nc1cccc([N+](=O)[O-])c1. The lowest BCUT2D eigenvalue weighted by atomic mass is 10.2. The molecule has 1 amide bonds. The van der Waals surface area contributed by atoms with Crippen LogP contribution in [0.5, 0.6) is 0 Å². The quantitative estimate of drug-likeness (QED) is 0.484. The third-order valence-electron chi connectivity index (χ3n) is 2.96. The Morgan fingerprint density at radius 1 is 1.57 bits per heavy atom. The maximum atomic E-state index is 12.2. The second-order valence-corrected chi connectivity index (χ2v) is 5.78. The summed E-state index contributed by atoms with van der Waals surface area (Å²) in [5.74, 6) is -1.44. The molecule has 1 saturated heterocycles. The number of nitro benzene ring substituents is 1. The first-order valence-electron chi connectivity index (χ1n) is 6.56. The minimum absolute atomic E-state index is 0.112. The van der Waals surface area contributed by atoms with Gasteiger partial charge in [0, 0.05) is 18.7 Å². The van der Waals surface area contributed by atoms with Crippen LogP contribution in [0.25, 0.3) is 0 Å². The van der Waals surface area contributed by atoms with Crippen molar-refractivity contribution in [2.75, 3.05) is 6.54 Å². The number of hydrogen-bond donors (Lipinski definition) is 1. The van der Waals surface area contributed by atoms with Crippen LogP contribution in [-0.4, -0.2) is 43.8 Å². The first-order chi connectivity index (χ1) is 10.9. The van der Waals surface area contributed by atoms with Gasteiger partial charge in [0.15, 0.2) is 5.17 Å². The molecule has 1 aromatic carbocycles. The fourth-order valence-corrected chi connectivity index (χ4v) is 3.13. The predicted molar refractivity (Wildman–Crippen MR) is 85.7 cm³/mol. The van der Waals surface area contributed by atoms with Crippen LogP contribution in [0.15, 0.2) is 41.9 Å². The van der Waals surface area contributed by atoms with Crippen molar-refractivity contribution in [1.29, 1.82) is 0 Å². The molecule has 1 N–H and O–H groups in total. The lowest BCUT2D eigenvalue weighted by molar-refractivity contribution is -0.384. The molecule has 8 nitrogen and oxygen atoms in total. The molecule has 0 spiro atoms. The Labute approximate surface area is 135 Å². The van der Waals surface area contributed by atoms with Crippen LogP contribution in [-0.2, 0) is 9.59 Å². The zero-order chi connectivity index (χ0) is 17.0. The fourth-order valence-electron chi connectivity index (χ4n) is 1.97. The van der Waals surface area contributed by atoms with E-state index in [-0.39, 0.29) is 24.6 Å². The molecule has 1 aromatic rings. The van der Waals surface area contributed by atoms with Crippen LogP contribution in [0.1, 0.15) is 6.42 Å². The Bertz CT molecular complexity index is 703. The number of thioether (sulfide) groups is 1. The van der Waals surface area contributed by atoms with E-state index in [1.807, 2.05) is 0 Å². The molecule has 0 unspecified atom stereocenters. The van der Waals surface area contributed by atoms with Crippen LogP contribution in [0.4, 0.5) is 11.4 Å². The Balaban J connectivity index is 2.33. The van der Waals surface area contributed by atoms with E-state index in [2.05, 4.69) is 11.6 Å². The van der Waals surface area contributed by atoms with Crippen LogP contribution in [0.2, 0.25) is 0 Å². The molecule has 1 atom stereocenters. The molecule has 2 rings (SSSR count). The number of aliphatic imine (C=N–C) groups is 1. The van der Waals surface area contributed by atoms with E-state index in [1.54, 1.807) is 6.07 Å². The minimum Gasteiger partial charge on any atom is -0.481 e. The van der Waals surface area contributed by atoms with Crippen LogP contribution in [0.3, 0.4) is 0 Å². The van der Waals surface area contributed by atoms with Crippen LogP contribution in [0, 0.1) is 10.1 Å². The van der Waals surface area contributed by atoms with Crippen molar-refractivity contribution < 1.29 is 19.6 Å². The van der Waals surface area contributed by atoms with Crippen molar-refractivity contribution in [2.24, 2.45) is 4.99 Å². The van der Waals surface area contributed by atoms with Gasteiger partial charge in [0.2, 0.25) is 5.91 Å². The van der Waals surface area contributed by atoms with Crippen molar-refractivity contribution in [3.63, 3.8) is 0 Å². The summed E-state index contributed by atoms with van der Waals surface area (Å²) in [7, 11) is 0. The van der Waals surface area contributed by atoms with Crippen LogP contribution >= 0.6 is 11.8 Å². The number of hydrogen-bond acceptors (Lipinski definition) is 6. The number of benzene rings is 1. The highest BCUT2D eigenvalue weighted by Crippen LogP contribution is 2.32. The fraction of sp³-hybridized carbons (Fsp3) is 0.214. The monoisotopic (exact) mass is 335 g/mol. The molecule has 1 aliphatic rings. The molecule has 0 saturated carbocycles. The lowest BCUT2D eigenvalue weighted by Crippen LogP contribution is -2.32. The highest BCUT2D eigenvalue weighted by Gasteiger charge is 2.38. The average molecular weight is 335 g/mol. The smallest absolute Gasteiger partial charge is 0.305 e. The van der Waals surface area contributed by atoms with E-state index in [9.17, 15) is 19.7 Å². The van der Waals surface area contributed by atoms with E-state index < -0.39 is 16.1 Å². The molecule has 1 fully saturated rings. The average Bonchev–Trinajstić information content (AvgIpc) is 2.76. The second-order valence-electron chi connectivity index (χ2n) is 4.61. The summed E-state index contributed by atoms with van der Waals surface area (Å²) < 4.78 is 0. The predicted octanol–water partition coefficient (Wildman–Crippen LogP) is 2.19. The number of amidine groups is 1. The number of amides is 1. The van der Waals surface area contributed by atoms with Gasteiger partial charge in [-0.05, 0) is 6.07 Å². The molecule has 0 radical (unpaired) electrons. The van der Waals surface area contributed by atoms with Gasteiger partial charge in [-0.2, -0.15) is 0 Å². The molecular weight excluding hydrogens is 322 g/mol. The summed E-state index contributed by atoms with van der Waals surface area (Å²) in [5, 5.41) is 19.2. The molecule has 0 bridgehead atoms. The number of aliphatic carboxylic acids is 1. The largest absolute Gasteiger partial charge is 0.481 e. The topological polar surface area (TPSA) is 113 Å². The summed E-state index contributed by atoms with van der Waals surface area (Å²) in [6.45, 7) is 3.75. The molecule has 120 valence electrons. The number of non-ortho nitro benzene ring substituents is 1. The molecule has 1 aliphatic heterocycles. The molecule has 23 heavy (non-hydrogen) atoms. The highest BCUT2D eigenvalue weighted by molar-refractivity contribution is 8.15. The lowest BCUT2D eigenvalue weighted by Gasteiger charge is -2.13. The maximum Gasteiger partial charge on any atom is 0.305 e. The van der Waals surface area contributed by atoms with E-state index in [4.69, 9.17) is 5.11 Å². The second kappa shape index (κ2) is 7.05. The third-order valence-corrected chi connectivity index (χ3v) is 4.13. The van der Waals surface area contributed by atoms with Gasteiger partial charge in [-0.3, -0.25) is 24.6 Å². The van der Waals surface area contributed by atoms with Crippen molar-refractivity contribution >= 4 is 40.2 Å². The molecule has 1 heterocycles. The summed E-state index contributed by atoms with van der Waals surface area (Å²) >= 11 is 1.03. The number of carbonyl (C=O) groups excluding carboxylic acids is 1. The van der Waals surface area contributed by atoms with E-state index in [1.165, 1.54) is 29.2 Å². The van der Waals surface area contributed by atoms with Crippen molar-refractivity contribution in [3.8, 4) is 0 Å². The number of carboxylic acids is 1. The molecule has 0 aliphatic carbocycles. The van der Waals surface area contributed by atoms with Gasteiger partial charge in [0.25, 0.3) is 5.69 Å². The Kier molecular flexibility index (Phi) is 5.12. The summed E-state index contributed by atoms with van der Waals surface area (Å²) in [6, 6.07) is 5.69. The first kappa shape index (κ1) is 16.7. The van der Waals surface area contributed by atoms with Gasteiger partial charge in [-0.1, -0.05) is 23.9 Å². The Morgan fingerprint density at radius 3 is 2.91 bits per heavy atom. The van der Waals surface area contributed by atoms with Crippen molar-refractivity contribution in [1.82, 2.24) is 4.90 Å². The molecule has 9 heteroatoms. The normalized spacial score (nSPS) is 19.1. The van der Waals surface area contributed by atoms with E-state index >= 15 is 0 Å². The van der Waals surface area contributed by atoms with Crippen molar-refractivity contribution in [2.45, 2.75) is 11.7 Å². The first-order valence-corrected chi connectivity index (χ1v) is 7.44. The number of carboxylic acid groups (broad SMARTS) is 1. The van der Waals surface area contributed by atoms with E-state index in [0.717, 1.165) is 11.8 Å². The summed E-state index contributed by atoms with van der Waals surface area (Å²) in [5.41, 5.74) is 0.207. The number of nitro groups is 1. The number of carbonyl (C=O) groups is 2. The zero-order valence-electron chi connectivity index (χ0n) is 11.9. The summed E-state index contributed by atoms with van der Waals surface area (Å²) in [6.07, 6.45) is 1.19. The molecule has 0 aromatic heterocycles. The summed E-state index contributed by atoms with van der Waals surface area (Å²) in [4.78, 5) is 38.9. The molecular formula is C14H13N3O5S. The number of nitrogens with zero attached hydrogens (tertiary/aromatic N) is 3. The van der Waals surface area contributed by atoms with Gasteiger partial charge in [0.1, 0.15) is 5.25 Å². The minimum atomic E-state index is -1.08. The van der Waals surface area contributed by atoms with Gasteiger partial charge < -0.3 is 5.11 Å².